The van der Waals surface area contributed by atoms with E-state index in [0.717, 1.165) is 16.3 Å². The largest absolute Gasteiger partial charge is 0.469 e. The van der Waals surface area contributed by atoms with Crippen molar-refractivity contribution in [3.8, 4) is 0 Å². The molecule has 0 saturated carbocycles. The summed E-state index contributed by atoms with van der Waals surface area (Å²) in [7, 11) is 1.31. The number of hydrogen-bond acceptors (Lipinski definition) is 5. The van der Waals surface area contributed by atoms with Crippen LogP contribution in [-0.4, -0.2) is 30.5 Å². The molecule has 0 aromatic carbocycles. The minimum Gasteiger partial charge on any atom is -0.469 e. The van der Waals surface area contributed by atoms with E-state index in [4.69, 9.17) is 0 Å². The summed E-state index contributed by atoms with van der Waals surface area (Å²) in [4.78, 5) is 27.4. The standard InChI is InChI=1S/C11H16N2O3S/c1-8-13-7-9(17-8)5-6-12-10(14)3-4-11(15)16-2/h7H,3-6H2,1-2H3,(H,12,14). The molecule has 1 heterocycles. The summed E-state index contributed by atoms with van der Waals surface area (Å²) in [5, 5.41) is 3.78. The Morgan fingerprint density at radius 1 is 1.47 bits per heavy atom. The number of nitrogens with one attached hydrogen (secondary N) is 1. The first-order valence-electron chi connectivity index (χ1n) is 5.36. The van der Waals surface area contributed by atoms with Gasteiger partial charge in [-0.2, -0.15) is 0 Å². The van der Waals surface area contributed by atoms with Gasteiger partial charge >= 0.3 is 5.97 Å². The van der Waals surface area contributed by atoms with Gasteiger partial charge in [0.1, 0.15) is 0 Å². The first-order valence-corrected chi connectivity index (χ1v) is 6.18. The SMILES string of the molecule is COC(=O)CCC(=O)NCCc1cnc(C)s1. The van der Waals surface area contributed by atoms with E-state index in [1.165, 1.54) is 7.11 Å². The van der Waals surface area contributed by atoms with Crippen molar-refractivity contribution in [1.29, 1.82) is 0 Å². The molecule has 0 radical (unpaired) electrons. The molecule has 0 aliphatic rings. The van der Waals surface area contributed by atoms with E-state index in [0.29, 0.717) is 6.54 Å². The number of aryl methyl sites for hydroxylation is 1. The lowest BCUT2D eigenvalue weighted by Crippen LogP contribution is -2.25. The molecule has 6 heteroatoms. The fraction of sp³-hybridized carbons (Fsp3) is 0.545. The topological polar surface area (TPSA) is 68.3 Å². The van der Waals surface area contributed by atoms with Crippen molar-refractivity contribution in [2.24, 2.45) is 0 Å². The van der Waals surface area contributed by atoms with Gasteiger partial charge in [0.15, 0.2) is 0 Å². The number of carbonyl (C=O) groups excluding carboxylic acids is 2. The number of nitrogens with zero attached hydrogens (tertiary/aromatic N) is 1. The van der Waals surface area contributed by atoms with Crippen LogP contribution in [0.25, 0.3) is 0 Å². The average molecular weight is 256 g/mol. The minimum absolute atomic E-state index is 0.127. The zero-order chi connectivity index (χ0) is 12.7. The molecule has 0 bridgehead atoms. The van der Waals surface area contributed by atoms with E-state index >= 15 is 0 Å². The molecular weight excluding hydrogens is 240 g/mol. The molecular formula is C11H16N2O3S. The summed E-state index contributed by atoms with van der Waals surface area (Å²) < 4.78 is 4.45. The van der Waals surface area contributed by atoms with Crippen molar-refractivity contribution >= 4 is 23.2 Å². The summed E-state index contributed by atoms with van der Waals surface area (Å²) >= 11 is 1.62. The number of aromatic nitrogens is 1. The average Bonchev–Trinajstić information content (AvgIpc) is 2.72. The van der Waals surface area contributed by atoms with Gasteiger partial charge in [-0.3, -0.25) is 9.59 Å². The molecule has 1 aromatic rings. The molecule has 1 amide bonds. The van der Waals surface area contributed by atoms with Crippen LogP contribution in [0, 0.1) is 6.92 Å². The monoisotopic (exact) mass is 256 g/mol. The normalized spacial score (nSPS) is 10.0. The Kier molecular flexibility index (Phi) is 5.62. The summed E-state index contributed by atoms with van der Waals surface area (Å²) in [6.45, 7) is 2.52. The number of rotatable bonds is 6. The van der Waals surface area contributed by atoms with Crippen LogP contribution in [-0.2, 0) is 20.7 Å². The van der Waals surface area contributed by atoms with E-state index in [-0.39, 0.29) is 24.7 Å². The van der Waals surface area contributed by atoms with E-state index in [2.05, 4.69) is 15.0 Å². The predicted octanol–water partition coefficient (Wildman–Crippen LogP) is 1.06. The Hall–Kier alpha value is -1.43. The van der Waals surface area contributed by atoms with Crippen molar-refractivity contribution < 1.29 is 14.3 Å². The second-order valence-electron chi connectivity index (χ2n) is 3.52. The molecule has 0 spiro atoms. The lowest BCUT2D eigenvalue weighted by molar-refractivity contribution is -0.142. The van der Waals surface area contributed by atoms with Crippen LogP contribution in [0.3, 0.4) is 0 Å². The Morgan fingerprint density at radius 2 is 2.24 bits per heavy atom. The number of ether oxygens (including phenoxy) is 1. The molecule has 0 saturated heterocycles. The fourth-order valence-corrected chi connectivity index (χ4v) is 2.05. The highest BCUT2D eigenvalue weighted by Crippen LogP contribution is 2.11. The molecule has 5 nitrogen and oxygen atoms in total. The molecule has 0 aliphatic carbocycles. The third-order valence-electron chi connectivity index (χ3n) is 2.15. The second-order valence-corrected chi connectivity index (χ2v) is 4.84. The van der Waals surface area contributed by atoms with Crippen LogP contribution >= 0.6 is 11.3 Å². The van der Waals surface area contributed by atoms with E-state index < -0.39 is 0 Å². The van der Waals surface area contributed by atoms with Gasteiger partial charge in [0.2, 0.25) is 5.91 Å². The molecule has 0 aliphatic heterocycles. The van der Waals surface area contributed by atoms with Gasteiger partial charge in [-0.15, -0.1) is 11.3 Å². The summed E-state index contributed by atoms with van der Waals surface area (Å²) in [5.41, 5.74) is 0. The summed E-state index contributed by atoms with van der Waals surface area (Å²) in [6.07, 6.45) is 2.90. The third kappa shape index (κ3) is 5.44. The van der Waals surface area contributed by atoms with Gasteiger partial charge in [-0.1, -0.05) is 0 Å². The Labute approximate surface area is 104 Å². The lowest BCUT2D eigenvalue weighted by Gasteiger charge is -2.03. The van der Waals surface area contributed by atoms with Gasteiger partial charge in [0.05, 0.1) is 18.5 Å². The maximum absolute atomic E-state index is 11.3. The first kappa shape index (κ1) is 13.6. The Bertz CT molecular complexity index is 390. The zero-order valence-electron chi connectivity index (χ0n) is 9.99. The van der Waals surface area contributed by atoms with Gasteiger partial charge in [0, 0.05) is 30.5 Å². The summed E-state index contributed by atoms with van der Waals surface area (Å²) in [5.74, 6) is -0.491. The molecule has 1 N–H and O–H groups in total. The fourth-order valence-electron chi connectivity index (χ4n) is 1.25. The van der Waals surface area contributed by atoms with E-state index in [1.807, 2.05) is 13.1 Å². The van der Waals surface area contributed by atoms with E-state index in [9.17, 15) is 9.59 Å². The highest BCUT2D eigenvalue weighted by Gasteiger charge is 2.06. The molecule has 0 fully saturated rings. The lowest BCUT2D eigenvalue weighted by atomic mass is 10.3. The molecule has 1 aromatic heterocycles. The summed E-state index contributed by atoms with van der Waals surface area (Å²) in [6, 6.07) is 0. The van der Waals surface area contributed by atoms with Gasteiger partial charge in [-0.25, -0.2) is 4.98 Å². The van der Waals surface area contributed by atoms with Crippen LogP contribution in [0.4, 0.5) is 0 Å². The van der Waals surface area contributed by atoms with Gasteiger partial charge < -0.3 is 10.1 Å². The van der Waals surface area contributed by atoms with Crippen molar-refractivity contribution in [1.82, 2.24) is 10.3 Å². The highest BCUT2D eigenvalue weighted by molar-refractivity contribution is 7.11. The quantitative estimate of drug-likeness (QED) is 0.773. The van der Waals surface area contributed by atoms with Crippen LogP contribution in [0.5, 0.6) is 0 Å². The molecule has 0 unspecified atom stereocenters. The minimum atomic E-state index is -0.363. The number of esters is 1. The van der Waals surface area contributed by atoms with Crippen molar-refractivity contribution in [2.75, 3.05) is 13.7 Å². The van der Waals surface area contributed by atoms with Crippen molar-refractivity contribution in [3.63, 3.8) is 0 Å². The number of hydrogen-bond donors (Lipinski definition) is 1. The number of carbonyl (C=O) groups is 2. The van der Waals surface area contributed by atoms with Crippen LogP contribution in [0.1, 0.15) is 22.7 Å². The third-order valence-corrected chi connectivity index (χ3v) is 3.12. The molecule has 1 rings (SSSR count). The number of thiazole rings is 1. The van der Waals surface area contributed by atoms with Gasteiger partial charge in [-0.05, 0) is 6.92 Å². The van der Waals surface area contributed by atoms with Crippen LogP contribution in [0.2, 0.25) is 0 Å². The van der Waals surface area contributed by atoms with E-state index in [1.54, 1.807) is 11.3 Å². The maximum Gasteiger partial charge on any atom is 0.306 e. The Balaban J connectivity index is 2.14. The number of amides is 1. The number of methoxy groups -OCH3 is 1. The van der Waals surface area contributed by atoms with Crippen molar-refractivity contribution in [2.45, 2.75) is 26.2 Å². The molecule has 17 heavy (non-hydrogen) atoms. The molecule has 94 valence electrons. The van der Waals surface area contributed by atoms with Gasteiger partial charge in [0.25, 0.3) is 0 Å². The second kappa shape index (κ2) is 7.01. The maximum atomic E-state index is 11.3. The molecule has 0 atom stereocenters. The predicted molar refractivity (Wildman–Crippen MR) is 64.8 cm³/mol. The smallest absolute Gasteiger partial charge is 0.306 e. The van der Waals surface area contributed by atoms with Crippen LogP contribution in [0.15, 0.2) is 6.20 Å². The Morgan fingerprint density at radius 3 is 2.82 bits per heavy atom. The van der Waals surface area contributed by atoms with Crippen LogP contribution < -0.4 is 5.32 Å². The van der Waals surface area contributed by atoms with Crippen molar-refractivity contribution in [3.05, 3.63) is 16.1 Å². The zero-order valence-corrected chi connectivity index (χ0v) is 10.8. The first-order chi connectivity index (χ1) is 8.11. The highest BCUT2D eigenvalue weighted by atomic mass is 32.1.